The molecule has 1 fully saturated rings. The van der Waals surface area contributed by atoms with E-state index in [2.05, 4.69) is 21.9 Å². The first-order chi connectivity index (χ1) is 18.4. The molecule has 5 rings (SSSR count). The summed E-state index contributed by atoms with van der Waals surface area (Å²) < 4.78 is 1.88. The molecule has 194 valence electrons. The smallest absolute Gasteiger partial charge is 0.251 e. The van der Waals surface area contributed by atoms with Crippen LogP contribution in [0.25, 0.3) is 22.3 Å². The lowest BCUT2D eigenvalue weighted by molar-refractivity contribution is -0.127. The predicted octanol–water partition coefficient (Wildman–Crippen LogP) is 3.97. The number of piperidine rings is 1. The Morgan fingerprint density at radius 1 is 1.16 bits per heavy atom. The van der Waals surface area contributed by atoms with Gasteiger partial charge < -0.3 is 16.0 Å². The maximum absolute atomic E-state index is 12.7. The number of aromatic nitrogens is 4. The van der Waals surface area contributed by atoms with Gasteiger partial charge in [0, 0.05) is 30.8 Å². The number of carbonyl (C=O) groups is 2. The summed E-state index contributed by atoms with van der Waals surface area (Å²) in [4.78, 5) is 35.4. The topological polar surface area (TPSA) is 119 Å². The number of likely N-dealkylation sites (tertiary alicyclic amines) is 1. The Morgan fingerprint density at radius 3 is 2.71 bits per heavy atom. The lowest BCUT2D eigenvalue weighted by Crippen LogP contribution is -2.40. The van der Waals surface area contributed by atoms with Gasteiger partial charge in [0.05, 0.1) is 11.4 Å². The molecule has 3 heterocycles. The van der Waals surface area contributed by atoms with Gasteiger partial charge >= 0.3 is 0 Å². The quantitative estimate of drug-likeness (QED) is 0.380. The fraction of sp³-hybridized carbons (Fsp3) is 0.276. The fourth-order valence-electron chi connectivity index (χ4n) is 4.97. The first-order valence-corrected chi connectivity index (χ1v) is 12.7. The molecular formula is C29H31N7O2. The molecule has 1 saturated heterocycles. The van der Waals surface area contributed by atoms with E-state index >= 15 is 0 Å². The molecule has 1 aliphatic heterocycles. The van der Waals surface area contributed by atoms with Crippen molar-refractivity contribution in [2.75, 3.05) is 18.8 Å². The van der Waals surface area contributed by atoms with E-state index in [0.717, 1.165) is 35.1 Å². The number of hydrogen-bond donors (Lipinski definition) is 2. The fourth-order valence-corrected chi connectivity index (χ4v) is 4.97. The number of amides is 2. The lowest BCUT2D eigenvalue weighted by atomic mass is 10.0. The van der Waals surface area contributed by atoms with Crippen LogP contribution in [0.15, 0.2) is 61.4 Å². The van der Waals surface area contributed by atoms with Gasteiger partial charge in [0.1, 0.15) is 17.8 Å². The number of carbonyl (C=O) groups excluding carboxylic acids is 2. The predicted molar refractivity (Wildman–Crippen MR) is 147 cm³/mol. The van der Waals surface area contributed by atoms with Crippen LogP contribution in [-0.4, -0.2) is 49.6 Å². The number of fused-ring (bicyclic) bond motifs is 1. The van der Waals surface area contributed by atoms with E-state index in [-0.39, 0.29) is 17.9 Å². The van der Waals surface area contributed by atoms with E-state index in [1.165, 1.54) is 12.4 Å². The highest BCUT2D eigenvalue weighted by Crippen LogP contribution is 2.33. The Bertz CT molecular complexity index is 1520. The Balaban J connectivity index is 1.39. The zero-order chi connectivity index (χ0) is 26.8. The molecule has 0 saturated carbocycles. The van der Waals surface area contributed by atoms with Gasteiger partial charge in [0.2, 0.25) is 5.91 Å². The van der Waals surface area contributed by atoms with Crippen LogP contribution >= 0.6 is 0 Å². The van der Waals surface area contributed by atoms with Crippen molar-refractivity contribution in [2.45, 2.75) is 39.3 Å². The summed E-state index contributed by atoms with van der Waals surface area (Å²) >= 11 is 0. The molecule has 1 aliphatic rings. The minimum Gasteiger partial charge on any atom is -0.383 e. The first kappa shape index (κ1) is 25.1. The van der Waals surface area contributed by atoms with Crippen LogP contribution in [0, 0.1) is 13.8 Å². The molecule has 4 aromatic rings. The van der Waals surface area contributed by atoms with Gasteiger partial charge in [0.25, 0.3) is 5.91 Å². The second-order valence-corrected chi connectivity index (χ2v) is 9.73. The minimum atomic E-state index is -0.0959. The largest absolute Gasteiger partial charge is 0.383 e. The second kappa shape index (κ2) is 10.5. The van der Waals surface area contributed by atoms with E-state index in [1.807, 2.05) is 61.0 Å². The van der Waals surface area contributed by atoms with E-state index < -0.39 is 0 Å². The summed E-state index contributed by atoms with van der Waals surface area (Å²) in [6, 6.07) is 13.7. The summed E-state index contributed by atoms with van der Waals surface area (Å²) in [6.07, 6.45) is 4.53. The summed E-state index contributed by atoms with van der Waals surface area (Å²) in [6.45, 7) is 9.16. The lowest BCUT2D eigenvalue weighted by Gasteiger charge is -2.32. The van der Waals surface area contributed by atoms with Crippen LogP contribution in [0.5, 0.6) is 0 Å². The number of nitrogens with one attached hydrogen (secondary N) is 1. The third-order valence-electron chi connectivity index (χ3n) is 7.06. The Labute approximate surface area is 221 Å². The number of rotatable bonds is 6. The van der Waals surface area contributed by atoms with Crippen molar-refractivity contribution in [3.63, 3.8) is 0 Å². The highest BCUT2D eigenvalue weighted by Gasteiger charge is 2.28. The highest BCUT2D eigenvalue weighted by atomic mass is 16.2. The van der Waals surface area contributed by atoms with Crippen molar-refractivity contribution in [3.05, 3.63) is 83.7 Å². The molecule has 0 bridgehead atoms. The number of anilines is 1. The third kappa shape index (κ3) is 4.87. The zero-order valence-corrected chi connectivity index (χ0v) is 21.6. The van der Waals surface area contributed by atoms with Crippen molar-refractivity contribution < 1.29 is 9.59 Å². The molecular weight excluding hydrogens is 478 g/mol. The Morgan fingerprint density at radius 2 is 1.95 bits per heavy atom. The Hall–Kier alpha value is -4.53. The van der Waals surface area contributed by atoms with Crippen molar-refractivity contribution >= 4 is 28.7 Å². The number of aryl methyl sites for hydroxylation is 2. The maximum atomic E-state index is 12.7. The first-order valence-electron chi connectivity index (χ1n) is 12.7. The number of nitrogen functional groups attached to an aromatic ring is 1. The van der Waals surface area contributed by atoms with Crippen molar-refractivity contribution in [1.82, 2.24) is 30.0 Å². The average Bonchev–Trinajstić information content (AvgIpc) is 3.34. The van der Waals surface area contributed by atoms with E-state index in [4.69, 9.17) is 10.8 Å². The molecule has 0 radical (unpaired) electrons. The van der Waals surface area contributed by atoms with Gasteiger partial charge in [-0.25, -0.2) is 14.6 Å². The van der Waals surface area contributed by atoms with Gasteiger partial charge in [-0.3, -0.25) is 9.59 Å². The minimum absolute atomic E-state index is 0.0298. The van der Waals surface area contributed by atoms with Crippen molar-refractivity contribution in [3.8, 4) is 11.3 Å². The normalized spacial score (nSPS) is 15.4. The molecule has 2 aromatic carbocycles. The van der Waals surface area contributed by atoms with E-state index in [0.29, 0.717) is 47.7 Å². The van der Waals surface area contributed by atoms with Gasteiger partial charge in [-0.05, 0) is 50.0 Å². The van der Waals surface area contributed by atoms with Gasteiger partial charge in [-0.15, -0.1) is 0 Å². The van der Waals surface area contributed by atoms with Gasteiger partial charge in [0.15, 0.2) is 5.65 Å². The summed E-state index contributed by atoms with van der Waals surface area (Å²) in [5.74, 6) is 0.179. The van der Waals surface area contributed by atoms with E-state index in [1.54, 1.807) is 4.90 Å². The molecule has 38 heavy (non-hydrogen) atoms. The zero-order valence-electron chi connectivity index (χ0n) is 21.6. The average molecular weight is 510 g/mol. The van der Waals surface area contributed by atoms with Crippen LogP contribution in [0.3, 0.4) is 0 Å². The van der Waals surface area contributed by atoms with Crippen LogP contribution in [-0.2, 0) is 11.3 Å². The molecule has 3 N–H and O–H groups in total. The summed E-state index contributed by atoms with van der Waals surface area (Å²) in [5, 5.41) is 8.62. The molecule has 9 nitrogen and oxygen atoms in total. The van der Waals surface area contributed by atoms with E-state index in [9.17, 15) is 9.59 Å². The molecule has 0 spiro atoms. The molecule has 9 heteroatoms. The number of nitrogens with two attached hydrogens (primary N) is 1. The standard InChI is InChI=1S/C29H31N7O2/c1-4-24(37)35-13-5-6-22(16-35)36-28-25(27(30)32-17-33-28)26(34-36)21-11-9-20(10-12-21)15-31-29(38)23-14-18(2)7-8-19(23)3/h4,7-12,14,17,22H,1,5-6,13,15-16H2,2-3H3,(H,31,38)(H2,30,32,33). The molecule has 1 atom stereocenters. The number of hydrogen-bond acceptors (Lipinski definition) is 6. The number of benzene rings is 2. The van der Waals surface area contributed by atoms with Crippen LogP contribution < -0.4 is 11.1 Å². The highest BCUT2D eigenvalue weighted by molar-refractivity contribution is 5.98. The Kier molecular flexibility index (Phi) is 6.91. The van der Waals surface area contributed by atoms with Crippen molar-refractivity contribution in [1.29, 1.82) is 0 Å². The molecule has 0 aliphatic carbocycles. The molecule has 2 amide bonds. The van der Waals surface area contributed by atoms with Crippen molar-refractivity contribution in [2.24, 2.45) is 0 Å². The SMILES string of the molecule is C=CC(=O)N1CCCC(n2nc(-c3ccc(CNC(=O)c4cc(C)ccc4C)cc3)c3c(N)ncnc32)C1. The van der Waals surface area contributed by atoms with Gasteiger partial charge in [-0.1, -0.05) is 48.5 Å². The molecule has 2 aromatic heterocycles. The number of nitrogens with zero attached hydrogens (tertiary/aromatic N) is 5. The monoisotopic (exact) mass is 509 g/mol. The van der Waals surface area contributed by atoms with Crippen LogP contribution in [0.4, 0.5) is 5.82 Å². The summed E-state index contributed by atoms with van der Waals surface area (Å²) in [5.41, 5.74) is 12.1. The maximum Gasteiger partial charge on any atom is 0.251 e. The van der Waals surface area contributed by atoms with Crippen LogP contribution in [0.1, 0.15) is 45.9 Å². The second-order valence-electron chi connectivity index (χ2n) is 9.73. The van der Waals surface area contributed by atoms with Gasteiger partial charge in [-0.2, -0.15) is 5.10 Å². The third-order valence-corrected chi connectivity index (χ3v) is 7.06. The molecule has 1 unspecified atom stereocenters. The van der Waals surface area contributed by atoms with Crippen LogP contribution in [0.2, 0.25) is 0 Å². The summed E-state index contributed by atoms with van der Waals surface area (Å²) in [7, 11) is 0.